The number of methoxy groups -OCH3 is 1. The summed E-state index contributed by atoms with van der Waals surface area (Å²) in [5.41, 5.74) is 1.31. The minimum absolute atomic E-state index is 0.262. The van der Waals surface area contributed by atoms with Crippen molar-refractivity contribution in [2.24, 2.45) is 0 Å². The van der Waals surface area contributed by atoms with E-state index >= 15 is 0 Å². The Balaban J connectivity index is 2.06. The van der Waals surface area contributed by atoms with Gasteiger partial charge in [-0.1, -0.05) is 29.8 Å². The lowest BCUT2D eigenvalue weighted by Crippen LogP contribution is -2.30. The van der Waals surface area contributed by atoms with Gasteiger partial charge in [0.2, 0.25) is 0 Å². The number of H-pyrrole nitrogens is 1. The second-order valence-electron chi connectivity index (χ2n) is 5.68. The molecule has 1 heterocycles. The second-order valence-corrected chi connectivity index (χ2v) is 6.09. The molecule has 3 aromatic rings. The summed E-state index contributed by atoms with van der Waals surface area (Å²) in [4.78, 5) is 29.3. The van der Waals surface area contributed by atoms with Crippen LogP contribution in [0, 0.1) is 6.92 Å². The summed E-state index contributed by atoms with van der Waals surface area (Å²) in [6.07, 6.45) is 0. The van der Waals surface area contributed by atoms with Crippen LogP contribution in [-0.4, -0.2) is 25.0 Å². The number of carbonyl (C=O) groups is 1. The molecule has 0 saturated carbocycles. The Labute approximate surface area is 149 Å². The third-order valence-corrected chi connectivity index (χ3v) is 4.53. The number of ether oxygens (including phenoxy) is 1. The number of benzene rings is 2. The lowest BCUT2D eigenvalue weighted by molar-refractivity contribution is 0.0987. The van der Waals surface area contributed by atoms with E-state index in [2.05, 4.69) is 4.98 Å². The van der Waals surface area contributed by atoms with Crippen molar-refractivity contribution < 1.29 is 9.53 Å². The van der Waals surface area contributed by atoms with Gasteiger partial charge in [0.1, 0.15) is 11.4 Å². The Kier molecular flexibility index (Phi) is 4.51. The maximum atomic E-state index is 12.9. The number of aromatic nitrogens is 1. The van der Waals surface area contributed by atoms with Crippen molar-refractivity contribution in [3.8, 4) is 5.75 Å². The summed E-state index contributed by atoms with van der Waals surface area (Å²) >= 11 is 6.14. The molecule has 5 nitrogen and oxygen atoms in total. The molecule has 0 atom stereocenters. The third-order valence-electron chi connectivity index (χ3n) is 4.23. The molecule has 0 saturated heterocycles. The van der Waals surface area contributed by atoms with Crippen LogP contribution in [-0.2, 0) is 0 Å². The number of fused-ring (bicyclic) bond motifs is 1. The standard InChI is InChI=1S/C19H17ClN2O3/c1-11-13-6-4-5-7-14(13)18(23)21-17(11)19(24)22(2)12-8-9-16(25-3)15(20)10-12/h4-10H,1-3H3,(H,21,23). The van der Waals surface area contributed by atoms with E-state index in [0.29, 0.717) is 21.8 Å². The van der Waals surface area contributed by atoms with Crippen LogP contribution in [0.5, 0.6) is 5.75 Å². The highest BCUT2D eigenvalue weighted by molar-refractivity contribution is 6.32. The lowest BCUT2D eigenvalue weighted by atomic mass is 10.0. The van der Waals surface area contributed by atoms with Crippen molar-refractivity contribution >= 4 is 34.0 Å². The number of carbonyl (C=O) groups excluding carboxylic acids is 1. The fraction of sp³-hybridized carbons (Fsp3) is 0.158. The molecule has 0 aliphatic carbocycles. The van der Waals surface area contributed by atoms with Crippen molar-refractivity contribution in [2.75, 3.05) is 19.1 Å². The van der Waals surface area contributed by atoms with E-state index in [1.54, 1.807) is 37.4 Å². The number of aromatic amines is 1. The van der Waals surface area contributed by atoms with E-state index < -0.39 is 0 Å². The van der Waals surface area contributed by atoms with Gasteiger partial charge in [-0.2, -0.15) is 0 Å². The molecule has 0 bridgehead atoms. The first-order valence-corrected chi connectivity index (χ1v) is 8.05. The van der Waals surface area contributed by atoms with Gasteiger partial charge in [0.05, 0.1) is 12.1 Å². The van der Waals surface area contributed by atoms with Gasteiger partial charge >= 0.3 is 0 Å². The molecule has 0 aliphatic heterocycles. The number of anilines is 1. The summed E-state index contributed by atoms with van der Waals surface area (Å²) in [6, 6.07) is 12.3. The molecule has 0 spiro atoms. The minimum Gasteiger partial charge on any atom is -0.495 e. The van der Waals surface area contributed by atoms with Crippen LogP contribution in [0.4, 0.5) is 5.69 Å². The van der Waals surface area contributed by atoms with Crippen molar-refractivity contribution in [3.63, 3.8) is 0 Å². The number of hydrogen-bond acceptors (Lipinski definition) is 3. The van der Waals surface area contributed by atoms with E-state index in [1.165, 1.54) is 12.0 Å². The summed E-state index contributed by atoms with van der Waals surface area (Å²) in [7, 11) is 3.16. The minimum atomic E-state index is -0.318. The molecule has 25 heavy (non-hydrogen) atoms. The first-order valence-electron chi connectivity index (χ1n) is 7.67. The summed E-state index contributed by atoms with van der Waals surface area (Å²) in [5.74, 6) is 0.211. The number of aryl methyl sites for hydroxylation is 1. The summed E-state index contributed by atoms with van der Waals surface area (Å²) < 4.78 is 5.12. The SMILES string of the molecule is COc1ccc(N(C)C(=O)c2[nH]c(=O)c3ccccc3c2C)cc1Cl. The van der Waals surface area contributed by atoms with E-state index in [0.717, 1.165) is 10.9 Å². The Morgan fingerprint density at radius 3 is 2.48 bits per heavy atom. The highest BCUT2D eigenvalue weighted by atomic mass is 35.5. The van der Waals surface area contributed by atoms with Crippen LogP contribution in [0.15, 0.2) is 47.3 Å². The quantitative estimate of drug-likeness (QED) is 0.777. The van der Waals surface area contributed by atoms with E-state index in [9.17, 15) is 9.59 Å². The number of halogens is 1. The molecular weight excluding hydrogens is 340 g/mol. The van der Waals surface area contributed by atoms with Gasteiger partial charge in [-0.15, -0.1) is 0 Å². The molecule has 128 valence electrons. The van der Waals surface area contributed by atoms with Crippen LogP contribution in [0.25, 0.3) is 10.8 Å². The van der Waals surface area contributed by atoms with Gasteiger partial charge in [0, 0.05) is 18.1 Å². The molecule has 0 radical (unpaired) electrons. The van der Waals surface area contributed by atoms with Gasteiger partial charge in [0.15, 0.2) is 0 Å². The second kappa shape index (κ2) is 6.61. The number of amides is 1. The molecule has 0 fully saturated rings. The third kappa shape index (κ3) is 2.98. The molecular formula is C19H17ClN2O3. The van der Waals surface area contributed by atoms with Crippen LogP contribution in [0.3, 0.4) is 0 Å². The van der Waals surface area contributed by atoms with Crippen LogP contribution in [0.2, 0.25) is 5.02 Å². The van der Waals surface area contributed by atoms with E-state index in [4.69, 9.17) is 16.3 Å². The molecule has 0 aliphatic rings. The average molecular weight is 357 g/mol. The van der Waals surface area contributed by atoms with E-state index in [1.807, 2.05) is 19.1 Å². The summed E-state index contributed by atoms with van der Waals surface area (Å²) in [5, 5.41) is 1.73. The topological polar surface area (TPSA) is 62.4 Å². The first kappa shape index (κ1) is 17.0. The van der Waals surface area contributed by atoms with Gasteiger partial charge < -0.3 is 14.6 Å². The maximum absolute atomic E-state index is 12.9. The van der Waals surface area contributed by atoms with Crippen LogP contribution >= 0.6 is 11.6 Å². The Bertz CT molecular complexity index is 1030. The van der Waals surface area contributed by atoms with E-state index in [-0.39, 0.29) is 17.2 Å². The zero-order chi connectivity index (χ0) is 18.1. The highest BCUT2D eigenvalue weighted by Gasteiger charge is 2.20. The molecule has 0 unspecified atom stereocenters. The van der Waals surface area contributed by atoms with Crippen molar-refractivity contribution in [3.05, 3.63) is 69.1 Å². The normalized spacial score (nSPS) is 10.7. The lowest BCUT2D eigenvalue weighted by Gasteiger charge is -2.19. The number of hydrogen-bond donors (Lipinski definition) is 1. The summed E-state index contributed by atoms with van der Waals surface area (Å²) in [6.45, 7) is 1.82. The van der Waals surface area contributed by atoms with Crippen molar-refractivity contribution in [2.45, 2.75) is 6.92 Å². The predicted molar refractivity (Wildman–Crippen MR) is 100 cm³/mol. The van der Waals surface area contributed by atoms with Crippen LogP contribution in [0.1, 0.15) is 16.1 Å². The predicted octanol–water partition coefficient (Wildman–Crippen LogP) is 3.78. The van der Waals surface area contributed by atoms with Crippen LogP contribution < -0.4 is 15.2 Å². The highest BCUT2D eigenvalue weighted by Crippen LogP contribution is 2.29. The molecule has 6 heteroatoms. The van der Waals surface area contributed by atoms with Gasteiger partial charge in [-0.05, 0) is 42.1 Å². The molecule has 1 N–H and O–H groups in total. The number of nitrogens with one attached hydrogen (secondary N) is 1. The monoisotopic (exact) mass is 356 g/mol. The Hall–Kier alpha value is -2.79. The van der Waals surface area contributed by atoms with Crippen molar-refractivity contribution in [1.29, 1.82) is 0 Å². The zero-order valence-corrected chi connectivity index (χ0v) is 14.8. The zero-order valence-electron chi connectivity index (χ0n) is 14.1. The number of pyridine rings is 1. The maximum Gasteiger partial charge on any atom is 0.274 e. The van der Waals surface area contributed by atoms with Crippen molar-refractivity contribution in [1.82, 2.24) is 4.98 Å². The fourth-order valence-electron chi connectivity index (χ4n) is 2.78. The Morgan fingerprint density at radius 1 is 1.16 bits per heavy atom. The first-order chi connectivity index (χ1) is 11.9. The molecule has 1 amide bonds. The molecule has 2 aromatic carbocycles. The number of rotatable bonds is 3. The van der Waals surface area contributed by atoms with Gasteiger partial charge in [0.25, 0.3) is 11.5 Å². The van der Waals surface area contributed by atoms with Gasteiger partial charge in [-0.25, -0.2) is 0 Å². The molecule has 1 aromatic heterocycles. The average Bonchev–Trinajstić information content (AvgIpc) is 2.63. The fourth-order valence-corrected chi connectivity index (χ4v) is 3.03. The number of nitrogens with zero attached hydrogens (tertiary/aromatic N) is 1. The van der Waals surface area contributed by atoms with Gasteiger partial charge in [-0.3, -0.25) is 9.59 Å². The molecule has 3 rings (SSSR count). The Morgan fingerprint density at radius 2 is 1.84 bits per heavy atom. The smallest absolute Gasteiger partial charge is 0.274 e. The largest absolute Gasteiger partial charge is 0.495 e.